The summed E-state index contributed by atoms with van der Waals surface area (Å²) in [6.07, 6.45) is 0.332. The fourth-order valence-electron chi connectivity index (χ4n) is 3.66. The molecule has 0 spiro atoms. The Morgan fingerprint density at radius 1 is 1.19 bits per heavy atom. The minimum Gasteiger partial charge on any atom is -0.455 e. The summed E-state index contributed by atoms with van der Waals surface area (Å²) in [5.41, 5.74) is 6.47. The van der Waals surface area contributed by atoms with Crippen LogP contribution in [-0.2, 0) is 7.05 Å². The molecular weight excluding hydrogens is 332 g/mol. The van der Waals surface area contributed by atoms with Gasteiger partial charge in [-0.05, 0) is 48.6 Å². The summed E-state index contributed by atoms with van der Waals surface area (Å²) in [6.45, 7) is 7.61. The topological polar surface area (TPSA) is 40.8 Å². The van der Waals surface area contributed by atoms with Crippen LogP contribution in [0.5, 0.6) is 0 Å². The van der Waals surface area contributed by atoms with Crippen molar-refractivity contribution in [2.24, 2.45) is 7.05 Å². The van der Waals surface area contributed by atoms with Gasteiger partial charge in [-0.2, -0.15) is 5.26 Å². The van der Waals surface area contributed by atoms with Crippen LogP contribution in [0.1, 0.15) is 44.7 Å². The van der Waals surface area contributed by atoms with Crippen LogP contribution < -0.4 is 4.57 Å². The average molecular weight is 357 g/mol. The van der Waals surface area contributed by atoms with E-state index in [0.717, 1.165) is 38.7 Å². The minimum absolute atomic E-state index is 0.332. The second kappa shape index (κ2) is 6.25. The predicted molar refractivity (Wildman–Crippen MR) is 109 cm³/mol. The molecule has 0 aliphatic heterocycles. The van der Waals surface area contributed by atoms with Gasteiger partial charge in [0.1, 0.15) is 19.6 Å². The van der Waals surface area contributed by atoms with Gasteiger partial charge in [-0.15, -0.1) is 0 Å². The maximum absolute atomic E-state index is 9.64. The summed E-state index contributed by atoms with van der Waals surface area (Å²) in [7, 11) is 1.85. The van der Waals surface area contributed by atoms with Crippen LogP contribution in [0.15, 0.2) is 47.0 Å². The molecule has 0 atom stereocenters. The summed E-state index contributed by atoms with van der Waals surface area (Å²) in [6, 6.07) is 13.8. The molecule has 4 rings (SSSR count). The third-order valence-electron chi connectivity index (χ3n) is 5.12. The van der Waals surface area contributed by atoms with E-state index in [1.165, 1.54) is 0 Å². The van der Waals surface area contributed by atoms with Gasteiger partial charge >= 0.3 is 0 Å². The molecule has 0 radical (unpaired) electrons. The van der Waals surface area contributed by atoms with Crippen LogP contribution in [-0.4, -0.2) is 0 Å². The lowest BCUT2D eigenvalue weighted by Gasteiger charge is -2.09. The highest BCUT2D eigenvalue weighted by molar-refractivity contribution is 6.12. The van der Waals surface area contributed by atoms with E-state index in [1.807, 2.05) is 65.1 Å². The summed E-state index contributed by atoms with van der Waals surface area (Å²) in [5.74, 6) is -0.820. The number of hydrogen-bond donors (Lipinski definition) is 0. The number of benzene rings is 2. The molecule has 0 N–H and O–H groups in total. The largest absolute Gasteiger partial charge is 0.455 e. The Kier molecular flexibility index (Phi) is 3.47. The van der Waals surface area contributed by atoms with E-state index >= 15 is 0 Å². The lowest BCUT2D eigenvalue weighted by molar-refractivity contribution is -0.660. The van der Waals surface area contributed by atoms with Crippen LogP contribution in [0.25, 0.3) is 33.2 Å². The summed E-state index contributed by atoms with van der Waals surface area (Å²) in [4.78, 5) is 0. The molecule has 0 aliphatic carbocycles. The Hall–Kier alpha value is -3.12. The van der Waals surface area contributed by atoms with Crippen molar-refractivity contribution in [3.05, 3.63) is 64.8 Å². The maximum Gasteiger partial charge on any atom is 0.216 e. The highest BCUT2D eigenvalue weighted by atomic mass is 16.3. The van der Waals surface area contributed by atoms with Gasteiger partial charge in [-0.3, -0.25) is 0 Å². The summed E-state index contributed by atoms with van der Waals surface area (Å²) in [5, 5.41) is 11.4. The number of aryl methyl sites for hydroxylation is 2. The molecule has 134 valence electrons. The lowest BCUT2D eigenvalue weighted by Crippen LogP contribution is -2.31. The molecule has 2 aromatic carbocycles. The van der Waals surface area contributed by atoms with Crippen molar-refractivity contribution < 1.29 is 11.7 Å². The monoisotopic (exact) mass is 357 g/mol. The maximum atomic E-state index is 9.64. The molecule has 2 heterocycles. The van der Waals surface area contributed by atoms with Crippen molar-refractivity contribution in [1.82, 2.24) is 0 Å². The first-order chi connectivity index (χ1) is 13.6. The third kappa shape index (κ3) is 2.69. The number of nitriles is 1. The van der Waals surface area contributed by atoms with Crippen molar-refractivity contribution >= 4 is 21.9 Å². The molecule has 2 aromatic heterocycles. The van der Waals surface area contributed by atoms with Gasteiger partial charge in [0.05, 0.1) is 17.2 Å². The van der Waals surface area contributed by atoms with Crippen molar-refractivity contribution in [3.8, 4) is 17.3 Å². The van der Waals surface area contributed by atoms with Gasteiger partial charge in [0, 0.05) is 24.3 Å². The minimum atomic E-state index is -0.820. The SMILES string of the molecule is [2H]c1cc(C([2H])(C)C)cc(-c2c(C)ccc3c2oc2cc(C)cc(C#N)c23)[n+]1C. The second-order valence-corrected chi connectivity index (χ2v) is 7.35. The normalized spacial score (nSPS) is 12.9. The highest BCUT2D eigenvalue weighted by Crippen LogP contribution is 2.39. The zero-order valence-electron chi connectivity index (χ0n) is 18.3. The molecule has 0 amide bonds. The van der Waals surface area contributed by atoms with Crippen molar-refractivity contribution in [3.63, 3.8) is 0 Å². The number of fused-ring (bicyclic) bond motifs is 3. The molecule has 4 aromatic rings. The fourth-order valence-corrected chi connectivity index (χ4v) is 3.66. The number of nitrogens with zero attached hydrogens (tertiary/aromatic N) is 2. The first kappa shape index (κ1) is 15.0. The predicted octanol–water partition coefficient (Wildman–Crippen LogP) is 5.69. The smallest absolute Gasteiger partial charge is 0.216 e. The Morgan fingerprint density at radius 3 is 2.67 bits per heavy atom. The Labute approximate surface area is 162 Å². The van der Waals surface area contributed by atoms with Gasteiger partial charge in [0.2, 0.25) is 5.69 Å². The number of hydrogen-bond acceptors (Lipinski definition) is 2. The Bertz CT molecular complexity index is 1340. The summed E-state index contributed by atoms with van der Waals surface area (Å²) < 4.78 is 24.9. The molecule has 0 saturated carbocycles. The first-order valence-corrected chi connectivity index (χ1v) is 9.00. The Balaban J connectivity index is 2.16. The van der Waals surface area contributed by atoms with Crippen LogP contribution in [0.3, 0.4) is 0 Å². The van der Waals surface area contributed by atoms with E-state index in [1.54, 1.807) is 10.6 Å². The van der Waals surface area contributed by atoms with E-state index in [-0.39, 0.29) is 0 Å². The van der Waals surface area contributed by atoms with Crippen LogP contribution in [0.4, 0.5) is 0 Å². The van der Waals surface area contributed by atoms with Gasteiger partial charge in [0.15, 0.2) is 6.17 Å². The van der Waals surface area contributed by atoms with E-state index in [0.29, 0.717) is 22.9 Å². The second-order valence-electron chi connectivity index (χ2n) is 7.35. The summed E-state index contributed by atoms with van der Waals surface area (Å²) >= 11 is 0. The van der Waals surface area contributed by atoms with Crippen molar-refractivity contribution in [2.45, 2.75) is 33.6 Å². The van der Waals surface area contributed by atoms with Crippen molar-refractivity contribution in [1.29, 1.82) is 5.26 Å². The van der Waals surface area contributed by atoms with Gasteiger partial charge < -0.3 is 4.42 Å². The number of rotatable bonds is 2. The van der Waals surface area contributed by atoms with E-state index in [2.05, 4.69) is 6.07 Å². The molecule has 0 saturated heterocycles. The molecular formula is C24H23N2O+. The molecule has 27 heavy (non-hydrogen) atoms. The molecule has 0 bridgehead atoms. The standard InChI is InChI=1S/C24H23N2O/c1-14(2)17-8-9-26(5)20(12-17)22-16(4)6-7-19-23-18(13-25)10-15(3)11-21(23)27-24(19)22/h6-12,14H,1-5H3/q+1/i9D,14D. The van der Waals surface area contributed by atoms with Crippen molar-refractivity contribution in [2.75, 3.05) is 0 Å². The fraction of sp³-hybridized carbons (Fsp3) is 0.250. The molecule has 3 nitrogen and oxygen atoms in total. The molecule has 0 fully saturated rings. The number of furan rings is 1. The van der Waals surface area contributed by atoms with Crippen LogP contribution in [0.2, 0.25) is 0 Å². The first-order valence-electron chi connectivity index (χ1n) is 10.00. The Morgan fingerprint density at radius 2 is 1.96 bits per heavy atom. The van der Waals surface area contributed by atoms with Gasteiger partial charge in [0.25, 0.3) is 0 Å². The lowest BCUT2D eigenvalue weighted by atomic mass is 9.96. The third-order valence-corrected chi connectivity index (χ3v) is 5.12. The highest BCUT2D eigenvalue weighted by Gasteiger charge is 2.22. The van der Waals surface area contributed by atoms with Gasteiger partial charge in [-0.25, -0.2) is 4.57 Å². The van der Waals surface area contributed by atoms with E-state index in [9.17, 15) is 5.26 Å². The molecule has 0 unspecified atom stereocenters. The molecule has 3 heteroatoms. The number of pyridine rings is 1. The quantitative estimate of drug-likeness (QED) is 0.432. The van der Waals surface area contributed by atoms with Crippen LogP contribution in [0, 0.1) is 25.2 Å². The van der Waals surface area contributed by atoms with E-state index in [4.69, 9.17) is 7.16 Å². The molecule has 0 aliphatic rings. The zero-order valence-corrected chi connectivity index (χ0v) is 16.3. The zero-order chi connectivity index (χ0) is 21.1. The van der Waals surface area contributed by atoms with Crippen LogP contribution >= 0.6 is 0 Å². The van der Waals surface area contributed by atoms with Gasteiger partial charge in [-0.1, -0.05) is 26.0 Å². The van der Waals surface area contributed by atoms with E-state index < -0.39 is 5.89 Å². The number of aromatic nitrogens is 1. The average Bonchev–Trinajstić information content (AvgIpc) is 3.00.